The summed E-state index contributed by atoms with van der Waals surface area (Å²) in [6.07, 6.45) is 6.42. The van der Waals surface area contributed by atoms with Gasteiger partial charge in [0, 0.05) is 6.04 Å². The maximum absolute atomic E-state index is 12.7. The van der Waals surface area contributed by atoms with E-state index in [2.05, 4.69) is 13.8 Å². The molecule has 0 saturated heterocycles. The second kappa shape index (κ2) is 6.04. The van der Waals surface area contributed by atoms with Gasteiger partial charge in [-0.2, -0.15) is 0 Å². The first-order valence-corrected chi connectivity index (χ1v) is 8.66. The zero-order chi connectivity index (χ0) is 15.7. The quantitative estimate of drug-likeness (QED) is 0.654. The first-order valence-electron chi connectivity index (χ1n) is 8.66. The third-order valence-corrected chi connectivity index (χ3v) is 5.95. The zero-order valence-electron chi connectivity index (χ0n) is 13.7. The summed E-state index contributed by atoms with van der Waals surface area (Å²) in [6.45, 7) is 4.19. The van der Waals surface area contributed by atoms with E-state index in [1.807, 2.05) is 24.3 Å². The molecule has 3 rings (SSSR count). The van der Waals surface area contributed by atoms with Crippen LogP contribution in [-0.2, 0) is 4.79 Å². The molecule has 0 radical (unpaired) electrons. The van der Waals surface area contributed by atoms with E-state index >= 15 is 0 Å². The van der Waals surface area contributed by atoms with E-state index in [4.69, 9.17) is 10.5 Å². The molecule has 120 valence electrons. The average Bonchev–Trinajstić information content (AvgIpc) is 2.80. The van der Waals surface area contributed by atoms with Crippen molar-refractivity contribution in [2.75, 3.05) is 0 Å². The summed E-state index contributed by atoms with van der Waals surface area (Å²) in [5.74, 6) is 2.14. The van der Waals surface area contributed by atoms with Gasteiger partial charge in [-0.1, -0.05) is 26.0 Å². The molecular formula is C19H27NO2. The molecule has 2 saturated carbocycles. The monoisotopic (exact) mass is 301 g/mol. The van der Waals surface area contributed by atoms with E-state index in [9.17, 15) is 4.79 Å². The van der Waals surface area contributed by atoms with Crippen molar-refractivity contribution in [1.29, 1.82) is 0 Å². The summed E-state index contributed by atoms with van der Waals surface area (Å²) >= 11 is 0. The van der Waals surface area contributed by atoms with Crippen LogP contribution in [0.2, 0.25) is 0 Å². The largest absolute Gasteiger partial charge is 0.426 e. The van der Waals surface area contributed by atoms with E-state index < -0.39 is 0 Å². The molecule has 0 heterocycles. The summed E-state index contributed by atoms with van der Waals surface area (Å²) in [4.78, 5) is 12.7. The van der Waals surface area contributed by atoms with E-state index in [0.717, 1.165) is 43.1 Å². The zero-order valence-corrected chi connectivity index (χ0v) is 13.7. The van der Waals surface area contributed by atoms with Crippen molar-refractivity contribution in [2.24, 2.45) is 23.0 Å². The molecule has 3 heteroatoms. The van der Waals surface area contributed by atoms with Crippen molar-refractivity contribution < 1.29 is 9.53 Å². The normalized spacial score (nSPS) is 31.2. The third kappa shape index (κ3) is 2.67. The van der Waals surface area contributed by atoms with Gasteiger partial charge in [0.05, 0.1) is 5.41 Å². The fourth-order valence-corrected chi connectivity index (χ4v) is 4.10. The topological polar surface area (TPSA) is 52.3 Å². The van der Waals surface area contributed by atoms with Crippen molar-refractivity contribution in [3.63, 3.8) is 0 Å². The number of esters is 1. The Morgan fingerprint density at radius 1 is 1.23 bits per heavy atom. The highest BCUT2D eigenvalue weighted by Gasteiger charge is 2.53. The Hall–Kier alpha value is -1.35. The second-order valence-electron chi connectivity index (χ2n) is 7.11. The lowest BCUT2D eigenvalue weighted by Crippen LogP contribution is -2.32. The number of benzene rings is 1. The van der Waals surface area contributed by atoms with Crippen LogP contribution in [-0.4, -0.2) is 5.97 Å². The van der Waals surface area contributed by atoms with Crippen molar-refractivity contribution in [3.05, 3.63) is 29.8 Å². The van der Waals surface area contributed by atoms with Crippen LogP contribution in [0.15, 0.2) is 24.3 Å². The van der Waals surface area contributed by atoms with Gasteiger partial charge in [-0.25, -0.2) is 0 Å². The molecule has 3 atom stereocenters. The summed E-state index contributed by atoms with van der Waals surface area (Å²) in [6, 6.07) is 7.73. The molecule has 1 aromatic carbocycles. The minimum Gasteiger partial charge on any atom is -0.426 e. The molecule has 22 heavy (non-hydrogen) atoms. The molecule has 2 N–H and O–H groups in total. The highest BCUT2D eigenvalue weighted by Crippen LogP contribution is 2.57. The molecule has 1 aromatic rings. The summed E-state index contributed by atoms with van der Waals surface area (Å²) < 4.78 is 5.71. The maximum atomic E-state index is 12.7. The van der Waals surface area contributed by atoms with E-state index in [1.54, 1.807) is 0 Å². The van der Waals surface area contributed by atoms with Gasteiger partial charge < -0.3 is 10.5 Å². The highest BCUT2D eigenvalue weighted by molar-refractivity contribution is 5.79. The van der Waals surface area contributed by atoms with E-state index in [-0.39, 0.29) is 17.4 Å². The van der Waals surface area contributed by atoms with Crippen LogP contribution in [0.25, 0.3) is 0 Å². The number of fused-ring (bicyclic) bond motifs is 1. The minimum atomic E-state index is -0.246. The van der Waals surface area contributed by atoms with Gasteiger partial charge in [-0.15, -0.1) is 0 Å². The van der Waals surface area contributed by atoms with Crippen molar-refractivity contribution in [3.8, 4) is 5.75 Å². The van der Waals surface area contributed by atoms with Gasteiger partial charge >= 0.3 is 5.97 Å². The van der Waals surface area contributed by atoms with E-state index in [0.29, 0.717) is 5.75 Å². The van der Waals surface area contributed by atoms with Gasteiger partial charge in [0.2, 0.25) is 0 Å². The first kappa shape index (κ1) is 15.5. The number of ether oxygens (including phenoxy) is 1. The van der Waals surface area contributed by atoms with Crippen LogP contribution in [0.3, 0.4) is 0 Å². The van der Waals surface area contributed by atoms with E-state index in [1.165, 1.54) is 12.8 Å². The number of nitrogens with two attached hydrogens (primary N) is 1. The van der Waals surface area contributed by atoms with Crippen LogP contribution < -0.4 is 10.5 Å². The molecule has 0 spiro atoms. The Kier molecular flexibility index (Phi) is 4.26. The smallest absolute Gasteiger partial charge is 0.317 e. The number of carbonyl (C=O) groups is 1. The predicted molar refractivity (Wildman–Crippen MR) is 87.5 cm³/mol. The molecule has 0 aliphatic heterocycles. The third-order valence-electron chi connectivity index (χ3n) is 5.95. The summed E-state index contributed by atoms with van der Waals surface area (Å²) in [7, 11) is 0. The lowest BCUT2D eigenvalue weighted by molar-refractivity contribution is -0.146. The summed E-state index contributed by atoms with van der Waals surface area (Å²) in [5.41, 5.74) is 6.86. The number of hydrogen-bond donors (Lipinski definition) is 1. The summed E-state index contributed by atoms with van der Waals surface area (Å²) in [5, 5.41) is 0. The van der Waals surface area contributed by atoms with Crippen molar-refractivity contribution in [2.45, 2.75) is 58.4 Å². The van der Waals surface area contributed by atoms with Gasteiger partial charge in [0.1, 0.15) is 5.75 Å². The predicted octanol–water partition coefficient (Wildman–Crippen LogP) is 4.22. The second-order valence-corrected chi connectivity index (χ2v) is 7.11. The molecule has 3 nitrogen and oxygen atoms in total. The molecular weight excluding hydrogens is 274 g/mol. The fourth-order valence-electron chi connectivity index (χ4n) is 4.10. The lowest BCUT2D eigenvalue weighted by Gasteiger charge is -2.29. The van der Waals surface area contributed by atoms with Crippen LogP contribution in [0, 0.1) is 17.3 Å². The maximum Gasteiger partial charge on any atom is 0.317 e. The van der Waals surface area contributed by atoms with Crippen LogP contribution in [0.5, 0.6) is 5.75 Å². The van der Waals surface area contributed by atoms with Gasteiger partial charge in [-0.05, 0) is 68.1 Å². The van der Waals surface area contributed by atoms with Gasteiger partial charge in [0.25, 0.3) is 0 Å². The Labute approximate surface area is 133 Å². The van der Waals surface area contributed by atoms with Crippen molar-refractivity contribution >= 4 is 5.97 Å². The van der Waals surface area contributed by atoms with Gasteiger partial charge in [0.15, 0.2) is 0 Å². The first-order chi connectivity index (χ1) is 10.6. The number of rotatable bonds is 5. The van der Waals surface area contributed by atoms with Crippen LogP contribution in [0.4, 0.5) is 0 Å². The molecule has 0 bridgehead atoms. The molecule has 0 amide bonds. The molecule has 2 aliphatic carbocycles. The Bertz CT molecular complexity index is 525. The van der Waals surface area contributed by atoms with Crippen LogP contribution >= 0.6 is 0 Å². The number of hydrogen-bond acceptors (Lipinski definition) is 3. The molecule has 2 fully saturated rings. The SMILES string of the molecule is CCC(N)c1ccc(OC(=O)C2(CC)CC3CCC3C2)cc1. The Morgan fingerprint density at radius 2 is 1.82 bits per heavy atom. The fraction of sp³-hybridized carbons (Fsp3) is 0.632. The molecule has 0 aromatic heterocycles. The standard InChI is InChI=1S/C19H27NO2/c1-3-17(20)13-7-9-16(10-8-13)22-18(21)19(4-2)11-14-5-6-15(14)12-19/h7-10,14-15,17H,3-6,11-12,20H2,1-2H3. The Morgan fingerprint density at radius 3 is 2.27 bits per heavy atom. The van der Waals surface area contributed by atoms with Gasteiger partial charge in [-0.3, -0.25) is 4.79 Å². The Balaban J connectivity index is 1.68. The van der Waals surface area contributed by atoms with Crippen molar-refractivity contribution in [1.82, 2.24) is 0 Å². The average molecular weight is 301 g/mol. The number of carbonyl (C=O) groups excluding carboxylic acids is 1. The molecule has 2 aliphatic rings. The molecule has 3 unspecified atom stereocenters. The minimum absolute atomic E-state index is 0.0306. The highest BCUT2D eigenvalue weighted by atomic mass is 16.5. The lowest BCUT2D eigenvalue weighted by atomic mass is 9.77. The van der Waals surface area contributed by atoms with Crippen LogP contribution in [0.1, 0.15) is 64.0 Å².